The van der Waals surface area contributed by atoms with Crippen LogP contribution in [0.25, 0.3) is 0 Å². The Morgan fingerprint density at radius 1 is 0.412 bits per heavy atom. The van der Waals surface area contributed by atoms with Crippen LogP contribution in [0.1, 0.15) is 0 Å². The van der Waals surface area contributed by atoms with E-state index in [1.165, 1.54) is 0 Å². The molecule has 1 unspecified atom stereocenters. The Morgan fingerprint density at radius 3 is 1.00 bits per heavy atom. The van der Waals surface area contributed by atoms with Crippen LogP contribution in [0.2, 0.25) is 0 Å². The first kappa shape index (κ1) is 32.2. The van der Waals surface area contributed by atoms with Gasteiger partial charge in [0.25, 0.3) is 0 Å². The molecular weight excluding hydrogens is 562 g/mol. The number of hydrogen-bond acceptors (Lipinski definition) is 0. The molecule has 34 heavy (non-hydrogen) atoms. The maximum absolute atomic E-state index is 13.6. The maximum Gasteiger partial charge on any atom is 0.460 e. The van der Waals surface area contributed by atoms with Gasteiger partial charge in [0.05, 0.1) is 0 Å². The van der Waals surface area contributed by atoms with Crippen molar-refractivity contribution in [2.24, 2.45) is 5.92 Å². The molecule has 0 saturated carbocycles. The van der Waals surface area contributed by atoms with Crippen molar-refractivity contribution in [3.63, 3.8) is 0 Å². The summed E-state index contributed by atoms with van der Waals surface area (Å²) in [5.41, 5.74) is 0. The van der Waals surface area contributed by atoms with Crippen molar-refractivity contribution in [1.82, 2.24) is 0 Å². The average Bonchev–Trinajstić information content (AvgIpc) is 2.55. The number of rotatable bonds is 7. The minimum atomic E-state index is -8.49. The molecule has 0 N–H and O–H groups in total. The third kappa shape index (κ3) is 4.68. The molecule has 1 atom stereocenters. The molecule has 0 amide bonds. The van der Waals surface area contributed by atoms with Gasteiger partial charge in [0.2, 0.25) is 0 Å². The second-order valence-electron chi connectivity index (χ2n) is 6.03. The fraction of sp³-hybridized carbons (Fsp3) is 0.833. The van der Waals surface area contributed by atoms with E-state index in [0.29, 0.717) is 0 Å². The largest absolute Gasteiger partial charge is 0.460 e. The lowest BCUT2D eigenvalue weighted by Gasteiger charge is -2.39. The van der Waals surface area contributed by atoms with Gasteiger partial charge in [0.1, 0.15) is 5.92 Å². The lowest BCUT2D eigenvalue weighted by molar-refractivity contribution is -0.417. The van der Waals surface area contributed by atoms with Gasteiger partial charge in [-0.1, -0.05) is 0 Å². The van der Waals surface area contributed by atoms with Gasteiger partial charge in [-0.25, -0.2) is 4.39 Å². The third-order valence-corrected chi connectivity index (χ3v) is 3.69. The smallest absolute Gasteiger partial charge is 0.205 e. The molecule has 0 aliphatic rings. The van der Waals surface area contributed by atoms with E-state index in [9.17, 15) is 96.6 Å². The number of allylic oxidation sites excluding steroid dienone is 2. The highest BCUT2D eigenvalue weighted by Crippen LogP contribution is 2.60. The zero-order valence-corrected chi connectivity index (χ0v) is 14.5. The van der Waals surface area contributed by atoms with Crippen LogP contribution in [-0.4, -0.2) is 54.1 Å². The molecule has 22 heteroatoms. The first-order valence-corrected chi connectivity index (χ1v) is 7.11. The summed E-state index contributed by atoms with van der Waals surface area (Å²) in [4.78, 5) is 0. The summed E-state index contributed by atoms with van der Waals surface area (Å²) in [6, 6.07) is 0. The molecular formula is C12H2F22. The van der Waals surface area contributed by atoms with Crippen LogP contribution in [0.5, 0.6) is 0 Å². The molecule has 204 valence electrons. The van der Waals surface area contributed by atoms with E-state index < -0.39 is 71.9 Å². The van der Waals surface area contributed by atoms with Crippen molar-refractivity contribution < 1.29 is 96.6 Å². The fourth-order valence-electron chi connectivity index (χ4n) is 1.77. The molecule has 0 aliphatic heterocycles. The number of alkyl halides is 21. The van der Waals surface area contributed by atoms with Gasteiger partial charge in [0, 0.05) is 0 Å². The zero-order chi connectivity index (χ0) is 28.4. The Hall–Kier alpha value is -1.80. The van der Waals surface area contributed by atoms with Gasteiger partial charge in [0.15, 0.2) is 5.83 Å². The van der Waals surface area contributed by atoms with E-state index in [-0.39, 0.29) is 0 Å². The summed E-state index contributed by atoms with van der Waals surface area (Å²) >= 11 is 0. The average molecular weight is 564 g/mol. The Labute approximate surface area is 170 Å². The van der Waals surface area contributed by atoms with E-state index >= 15 is 0 Å². The summed E-state index contributed by atoms with van der Waals surface area (Å²) in [7, 11) is 0. The number of halogens is 22. The Kier molecular flexibility index (Phi) is 7.69. The van der Waals surface area contributed by atoms with Gasteiger partial charge in [-0.15, -0.1) is 0 Å². The van der Waals surface area contributed by atoms with E-state index in [0.717, 1.165) is 0 Å². The minimum absolute atomic E-state index is 3.08. The van der Waals surface area contributed by atoms with Crippen LogP contribution in [-0.2, 0) is 0 Å². The zero-order valence-electron chi connectivity index (χ0n) is 14.5. The normalized spacial score (nSPS) is 17.8. The van der Waals surface area contributed by atoms with Gasteiger partial charge in [-0.2, -0.15) is 92.2 Å². The van der Waals surface area contributed by atoms with E-state index in [1.54, 1.807) is 0 Å². The van der Waals surface area contributed by atoms with Gasteiger partial charge < -0.3 is 0 Å². The maximum atomic E-state index is 13.6. The van der Waals surface area contributed by atoms with E-state index in [2.05, 4.69) is 0 Å². The molecule has 0 rings (SSSR count). The Balaban J connectivity index is 7.32. The minimum Gasteiger partial charge on any atom is -0.205 e. The van der Waals surface area contributed by atoms with Crippen molar-refractivity contribution >= 4 is 0 Å². The van der Waals surface area contributed by atoms with Crippen molar-refractivity contribution in [2.45, 2.75) is 54.1 Å². The van der Waals surface area contributed by atoms with Gasteiger partial charge in [-0.3, -0.25) is 0 Å². The Bertz CT molecular complexity index is 756. The molecule has 0 fully saturated rings. The highest BCUT2D eigenvalue weighted by molar-refractivity contribution is 5.20. The molecule has 0 saturated heterocycles. The summed E-state index contributed by atoms with van der Waals surface area (Å²) in [6.07, 6.45) is -26.4. The summed E-state index contributed by atoms with van der Waals surface area (Å²) in [6.45, 7) is 0. The second-order valence-corrected chi connectivity index (χ2v) is 6.03. The monoisotopic (exact) mass is 564 g/mol. The second kappa shape index (κ2) is 8.12. The molecule has 0 aromatic heterocycles. The molecule has 0 radical (unpaired) electrons. The summed E-state index contributed by atoms with van der Waals surface area (Å²) in [5.74, 6) is -60.3. The fourth-order valence-corrected chi connectivity index (χ4v) is 1.77. The predicted molar refractivity (Wildman–Crippen MR) is 60.5 cm³/mol. The van der Waals surface area contributed by atoms with Gasteiger partial charge >= 0.3 is 54.1 Å². The molecule has 0 heterocycles. The van der Waals surface area contributed by atoms with Crippen molar-refractivity contribution in [3.05, 3.63) is 11.9 Å². The van der Waals surface area contributed by atoms with Crippen LogP contribution in [0.15, 0.2) is 11.9 Å². The van der Waals surface area contributed by atoms with Crippen molar-refractivity contribution in [1.29, 1.82) is 0 Å². The van der Waals surface area contributed by atoms with Crippen LogP contribution in [0.3, 0.4) is 0 Å². The third-order valence-electron chi connectivity index (χ3n) is 3.69. The quantitative estimate of drug-likeness (QED) is 0.276. The summed E-state index contributed by atoms with van der Waals surface area (Å²) in [5, 5.41) is 0. The Morgan fingerprint density at radius 2 is 0.735 bits per heavy atom. The predicted octanol–water partition coefficient (Wildman–Crippen LogP) is 7.95. The lowest BCUT2D eigenvalue weighted by Crippen LogP contribution is -2.66. The molecule has 0 bridgehead atoms. The first-order chi connectivity index (χ1) is 14.3. The SMILES string of the molecule is F/C(=C\C(C(F)(F)C(F)(F)F)C(F)(F)C(F)(F)C(F)(F)C(F)(F)F)C(F)(F)C(F)(F)C(F)(F)F. The van der Waals surface area contributed by atoms with Crippen molar-refractivity contribution in [3.8, 4) is 0 Å². The highest BCUT2D eigenvalue weighted by Gasteiger charge is 2.86. The highest BCUT2D eigenvalue weighted by atomic mass is 19.4. The van der Waals surface area contributed by atoms with Crippen LogP contribution >= 0.6 is 0 Å². The molecule has 0 spiro atoms. The number of hydrogen-bond donors (Lipinski definition) is 0. The molecule has 0 aromatic rings. The standard InChI is InChI=1S/C12H2F22/c13-3(6(18,19)8(22,23)11(29,30)31)1-2(5(16,17)10(26,27)28)4(14,15)7(20,21)9(24,25)12(32,33)34/h1-2H/b3-1-. The van der Waals surface area contributed by atoms with Gasteiger partial charge in [-0.05, 0) is 6.08 Å². The van der Waals surface area contributed by atoms with Crippen LogP contribution in [0.4, 0.5) is 96.6 Å². The van der Waals surface area contributed by atoms with Crippen LogP contribution < -0.4 is 0 Å². The molecule has 0 nitrogen and oxygen atoms in total. The molecule has 0 aliphatic carbocycles. The lowest BCUT2D eigenvalue weighted by atomic mass is 9.85. The van der Waals surface area contributed by atoms with E-state index in [4.69, 9.17) is 0 Å². The topological polar surface area (TPSA) is 0 Å². The van der Waals surface area contributed by atoms with Crippen molar-refractivity contribution in [2.75, 3.05) is 0 Å². The van der Waals surface area contributed by atoms with E-state index in [1.807, 2.05) is 0 Å². The first-order valence-electron chi connectivity index (χ1n) is 7.11. The van der Waals surface area contributed by atoms with Crippen LogP contribution in [0, 0.1) is 5.92 Å². The molecule has 0 aromatic carbocycles. The summed E-state index contributed by atoms with van der Waals surface area (Å²) < 4.78 is 279.